The summed E-state index contributed by atoms with van der Waals surface area (Å²) in [5.41, 5.74) is 0. The van der Waals surface area contributed by atoms with Gasteiger partial charge in [-0.25, -0.2) is 0 Å². The Labute approximate surface area is 62.7 Å². The molecule has 0 aromatic rings. The maximum atomic E-state index is 2.26. The molecule has 0 aliphatic heterocycles. The molecule has 0 aliphatic carbocycles. The molecule has 0 bridgehead atoms. The van der Waals surface area contributed by atoms with Crippen LogP contribution in [0.2, 0.25) is 0 Å². The van der Waals surface area contributed by atoms with Crippen molar-refractivity contribution in [1.82, 2.24) is 0 Å². The molecule has 0 atom stereocenters. The Balaban J connectivity index is 2.60. The van der Waals surface area contributed by atoms with Crippen molar-refractivity contribution in [2.45, 2.75) is 33.1 Å². The first-order valence-electron chi connectivity index (χ1n) is 3.75. The zero-order valence-electron chi connectivity index (χ0n) is 6.43. The molecule has 0 spiro atoms. The predicted molar refractivity (Wildman–Crippen MR) is 48.8 cm³/mol. The van der Waals surface area contributed by atoms with Gasteiger partial charge < -0.3 is 0 Å². The van der Waals surface area contributed by atoms with Gasteiger partial charge in [0.15, 0.2) is 0 Å². The van der Waals surface area contributed by atoms with E-state index in [1.165, 1.54) is 31.6 Å². The zero-order valence-corrected chi connectivity index (χ0v) is 8.22. The smallest absolute Gasteiger partial charge is 0.0242 e. The van der Waals surface area contributed by atoms with E-state index in [1.807, 2.05) is 0 Å². The summed E-state index contributed by atoms with van der Waals surface area (Å²) in [6, 6.07) is 0. The molecule has 2 heteroatoms. The topological polar surface area (TPSA) is 0 Å². The highest BCUT2D eigenvalue weighted by atomic mass is 32.0. The maximum absolute atomic E-state index is 2.26. The molecule has 0 aromatic heterocycles. The maximum Gasteiger partial charge on any atom is -0.0242 e. The van der Waals surface area contributed by atoms with Gasteiger partial charge in [-0.2, -0.15) is 0 Å². The fourth-order valence-corrected chi connectivity index (χ4v) is 2.76. The molecular formula is C7H16P2. The lowest BCUT2D eigenvalue weighted by atomic mass is 10.3. The highest BCUT2D eigenvalue weighted by Crippen LogP contribution is 2.36. The molecule has 0 aliphatic rings. The molecule has 2 radical (unpaired) electrons. The van der Waals surface area contributed by atoms with Crippen LogP contribution in [0.1, 0.15) is 33.1 Å². The SMILES string of the molecule is CCCCC[P][P]CC. The van der Waals surface area contributed by atoms with Crippen LogP contribution in [0.15, 0.2) is 0 Å². The second-order valence-corrected chi connectivity index (χ2v) is 5.37. The lowest BCUT2D eigenvalue weighted by molar-refractivity contribution is 0.778. The minimum Gasteiger partial charge on any atom is -0.0654 e. The predicted octanol–water partition coefficient (Wildman–Crippen LogP) is 4.00. The summed E-state index contributed by atoms with van der Waals surface area (Å²) in [6.45, 7) is 4.50. The largest absolute Gasteiger partial charge is 0.0654 e. The zero-order chi connectivity index (χ0) is 6.95. The first-order chi connectivity index (χ1) is 4.41. The van der Waals surface area contributed by atoms with Crippen LogP contribution >= 0.6 is 16.5 Å². The van der Waals surface area contributed by atoms with Crippen molar-refractivity contribution >= 4 is 16.5 Å². The van der Waals surface area contributed by atoms with Gasteiger partial charge >= 0.3 is 0 Å². The van der Waals surface area contributed by atoms with Crippen molar-refractivity contribution in [3.05, 3.63) is 0 Å². The van der Waals surface area contributed by atoms with Gasteiger partial charge in [0.05, 0.1) is 0 Å². The lowest BCUT2D eigenvalue weighted by Crippen LogP contribution is -1.73. The number of hydrogen-bond donors (Lipinski definition) is 0. The summed E-state index contributed by atoms with van der Waals surface area (Å²) >= 11 is 0. The van der Waals surface area contributed by atoms with Crippen molar-refractivity contribution in [3.8, 4) is 0 Å². The fraction of sp³-hybridized carbons (Fsp3) is 1.00. The Morgan fingerprint density at radius 2 is 1.78 bits per heavy atom. The van der Waals surface area contributed by atoms with E-state index in [0.29, 0.717) is 0 Å². The second-order valence-electron chi connectivity index (χ2n) is 2.03. The quantitative estimate of drug-likeness (QED) is 0.409. The molecule has 0 N–H and O–H groups in total. The van der Waals surface area contributed by atoms with Crippen LogP contribution in [0.25, 0.3) is 0 Å². The summed E-state index contributed by atoms with van der Waals surface area (Å²) in [5.74, 6) is 0. The van der Waals surface area contributed by atoms with Crippen LogP contribution < -0.4 is 0 Å². The van der Waals surface area contributed by atoms with Crippen LogP contribution in [-0.4, -0.2) is 12.3 Å². The van der Waals surface area contributed by atoms with E-state index in [4.69, 9.17) is 0 Å². The molecule has 9 heavy (non-hydrogen) atoms. The summed E-state index contributed by atoms with van der Waals surface area (Å²) < 4.78 is 0. The standard InChI is InChI=1S/C7H16P2/c1-3-5-6-7-9-8-4-2/h3-7H2,1-2H3. The highest BCUT2D eigenvalue weighted by Gasteiger charge is 1.86. The van der Waals surface area contributed by atoms with Crippen molar-refractivity contribution < 1.29 is 0 Å². The van der Waals surface area contributed by atoms with Gasteiger partial charge in [0.1, 0.15) is 0 Å². The Kier molecular flexibility index (Phi) is 9.71. The molecule has 0 nitrogen and oxygen atoms in total. The normalized spacial score (nSPS) is 12.7. The van der Waals surface area contributed by atoms with Crippen molar-refractivity contribution in [3.63, 3.8) is 0 Å². The Bertz CT molecular complexity index is 40.2. The summed E-state index contributed by atoms with van der Waals surface area (Å²) in [6.07, 6.45) is 6.97. The molecule has 0 aromatic carbocycles. The van der Waals surface area contributed by atoms with E-state index >= 15 is 0 Å². The van der Waals surface area contributed by atoms with Gasteiger partial charge in [-0.05, 0) is 35.3 Å². The minimum atomic E-state index is 1.33. The summed E-state index contributed by atoms with van der Waals surface area (Å²) in [5, 5.41) is 0. The first-order valence-corrected chi connectivity index (χ1v) is 6.61. The minimum absolute atomic E-state index is 1.33. The van der Waals surface area contributed by atoms with Gasteiger partial charge in [0, 0.05) is 0 Å². The molecule has 0 unspecified atom stereocenters. The van der Waals surface area contributed by atoms with E-state index in [-0.39, 0.29) is 0 Å². The molecule has 0 saturated heterocycles. The summed E-state index contributed by atoms with van der Waals surface area (Å²) in [7, 11) is 3.25. The average molecular weight is 162 g/mol. The molecular weight excluding hydrogens is 146 g/mol. The van der Waals surface area contributed by atoms with Gasteiger partial charge in [-0.1, -0.05) is 26.7 Å². The highest BCUT2D eigenvalue weighted by molar-refractivity contribution is 8.11. The number of hydrogen-bond acceptors (Lipinski definition) is 0. The van der Waals surface area contributed by atoms with Crippen LogP contribution in [0.4, 0.5) is 0 Å². The lowest BCUT2D eigenvalue weighted by Gasteiger charge is -1.94. The second kappa shape index (κ2) is 8.86. The summed E-state index contributed by atoms with van der Waals surface area (Å²) in [4.78, 5) is 0. The monoisotopic (exact) mass is 162 g/mol. The van der Waals surface area contributed by atoms with Crippen molar-refractivity contribution in [1.29, 1.82) is 0 Å². The molecule has 0 saturated carbocycles. The van der Waals surface area contributed by atoms with Gasteiger partial charge in [-0.3, -0.25) is 0 Å². The molecule has 54 valence electrons. The molecule has 0 rings (SSSR count). The molecule has 0 fully saturated rings. The van der Waals surface area contributed by atoms with E-state index in [2.05, 4.69) is 13.8 Å². The van der Waals surface area contributed by atoms with Crippen LogP contribution in [0.5, 0.6) is 0 Å². The van der Waals surface area contributed by atoms with Crippen LogP contribution in [-0.2, 0) is 0 Å². The van der Waals surface area contributed by atoms with Gasteiger partial charge in [0.25, 0.3) is 0 Å². The third-order valence-corrected chi connectivity index (χ3v) is 4.15. The number of unbranched alkanes of at least 4 members (excludes halogenated alkanes) is 2. The third-order valence-electron chi connectivity index (χ3n) is 1.10. The number of rotatable bonds is 6. The van der Waals surface area contributed by atoms with Gasteiger partial charge in [-0.15, -0.1) is 0 Å². The Morgan fingerprint density at radius 1 is 1.00 bits per heavy atom. The third kappa shape index (κ3) is 8.86. The van der Waals surface area contributed by atoms with Crippen LogP contribution in [0.3, 0.4) is 0 Å². The van der Waals surface area contributed by atoms with E-state index < -0.39 is 0 Å². The molecule has 0 heterocycles. The van der Waals surface area contributed by atoms with E-state index in [0.717, 1.165) is 0 Å². The fourth-order valence-electron chi connectivity index (χ4n) is 0.603. The van der Waals surface area contributed by atoms with E-state index in [9.17, 15) is 0 Å². The Hall–Kier alpha value is 0.860. The molecule has 0 amide bonds. The van der Waals surface area contributed by atoms with Crippen molar-refractivity contribution in [2.75, 3.05) is 12.3 Å². The van der Waals surface area contributed by atoms with E-state index in [1.54, 1.807) is 16.5 Å². The van der Waals surface area contributed by atoms with Gasteiger partial charge in [0.2, 0.25) is 0 Å². The van der Waals surface area contributed by atoms with Crippen LogP contribution in [0, 0.1) is 0 Å². The van der Waals surface area contributed by atoms with Crippen molar-refractivity contribution in [2.24, 2.45) is 0 Å². The average Bonchev–Trinajstić information content (AvgIpc) is 1.89. The Morgan fingerprint density at radius 3 is 2.33 bits per heavy atom. The first kappa shape index (κ1) is 9.86.